The molecule has 31 heavy (non-hydrogen) atoms. The topological polar surface area (TPSA) is 97.3 Å². The molecule has 0 unspecified atom stereocenters. The summed E-state index contributed by atoms with van der Waals surface area (Å²) in [5.41, 5.74) is 9.45. The maximum atomic E-state index is 12.2. The summed E-state index contributed by atoms with van der Waals surface area (Å²) in [6, 6.07) is 12.5. The minimum atomic E-state index is 0.0424. The Morgan fingerprint density at radius 2 is 2.00 bits per heavy atom. The van der Waals surface area contributed by atoms with E-state index in [1.165, 1.54) is 0 Å². The van der Waals surface area contributed by atoms with Crippen LogP contribution in [-0.4, -0.2) is 32.6 Å². The van der Waals surface area contributed by atoms with E-state index in [1.54, 1.807) is 0 Å². The Labute approximate surface area is 183 Å². The first-order valence-electron chi connectivity index (χ1n) is 11.2. The smallest absolute Gasteiger partial charge is 0.224 e. The molecule has 0 spiro atoms. The second kappa shape index (κ2) is 9.47. The van der Waals surface area contributed by atoms with Gasteiger partial charge in [0, 0.05) is 29.8 Å². The average molecular weight is 421 g/mol. The van der Waals surface area contributed by atoms with E-state index in [2.05, 4.69) is 29.5 Å². The standard InChI is InChI=1S/C24H32N6O/c1-16(2)6-13-24(31)28-20-5-3-4-17(14-20)21-15-26-23-12-11-22(29-30(21)23)27-19-9-7-18(25)8-10-19/h3-5,11-12,14-16,18-19H,6-10,13,25H2,1-2H3,(H,27,29)(H,28,31)/t18-,19-. The molecule has 1 aliphatic rings. The van der Waals surface area contributed by atoms with Gasteiger partial charge in [-0.25, -0.2) is 9.50 Å². The van der Waals surface area contributed by atoms with Gasteiger partial charge in [0.15, 0.2) is 5.65 Å². The lowest BCUT2D eigenvalue weighted by molar-refractivity contribution is -0.116. The Morgan fingerprint density at radius 1 is 1.19 bits per heavy atom. The summed E-state index contributed by atoms with van der Waals surface area (Å²) >= 11 is 0. The molecule has 0 atom stereocenters. The maximum absolute atomic E-state index is 12.2. The van der Waals surface area contributed by atoms with Crippen LogP contribution in [-0.2, 0) is 4.79 Å². The largest absolute Gasteiger partial charge is 0.366 e. The molecule has 4 rings (SSSR count). The molecular formula is C24H32N6O. The predicted molar refractivity (Wildman–Crippen MR) is 125 cm³/mol. The van der Waals surface area contributed by atoms with Crippen LogP contribution < -0.4 is 16.4 Å². The molecule has 2 aromatic heterocycles. The molecule has 1 saturated carbocycles. The third-order valence-electron chi connectivity index (χ3n) is 5.88. The third kappa shape index (κ3) is 5.41. The molecule has 1 fully saturated rings. The number of nitrogens with one attached hydrogen (secondary N) is 2. The molecule has 3 aromatic rings. The van der Waals surface area contributed by atoms with Gasteiger partial charge in [0.1, 0.15) is 5.82 Å². The first-order valence-corrected chi connectivity index (χ1v) is 11.2. The van der Waals surface area contributed by atoms with Crippen molar-refractivity contribution in [1.29, 1.82) is 0 Å². The number of benzene rings is 1. The number of carbonyl (C=O) groups is 1. The van der Waals surface area contributed by atoms with Crippen molar-refractivity contribution in [3.05, 3.63) is 42.6 Å². The number of fused-ring (bicyclic) bond motifs is 1. The second-order valence-corrected chi connectivity index (χ2v) is 8.95. The fourth-order valence-corrected chi connectivity index (χ4v) is 4.02. The minimum absolute atomic E-state index is 0.0424. The number of imidazole rings is 1. The second-order valence-electron chi connectivity index (χ2n) is 8.95. The molecule has 2 heterocycles. The van der Waals surface area contributed by atoms with Crippen molar-refractivity contribution in [2.24, 2.45) is 11.7 Å². The summed E-state index contributed by atoms with van der Waals surface area (Å²) in [6.07, 6.45) is 7.46. The molecule has 1 aliphatic carbocycles. The molecule has 1 amide bonds. The van der Waals surface area contributed by atoms with E-state index in [0.717, 1.165) is 60.5 Å². The average Bonchev–Trinajstić information content (AvgIpc) is 3.17. The van der Waals surface area contributed by atoms with Gasteiger partial charge in [0.25, 0.3) is 0 Å². The molecule has 0 bridgehead atoms. The molecule has 0 radical (unpaired) electrons. The molecule has 164 valence electrons. The van der Waals surface area contributed by atoms with Crippen LogP contribution in [0.5, 0.6) is 0 Å². The van der Waals surface area contributed by atoms with E-state index in [0.29, 0.717) is 24.4 Å². The van der Waals surface area contributed by atoms with Gasteiger partial charge in [-0.05, 0) is 62.3 Å². The fraction of sp³-hybridized carbons (Fsp3) is 0.458. The number of hydrogen-bond donors (Lipinski definition) is 3. The van der Waals surface area contributed by atoms with Crippen molar-refractivity contribution in [2.45, 2.75) is 64.5 Å². The van der Waals surface area contributed by atoms with E-state index in [-0.39, 0.29) is 5.91 Å². The van der Waals surface area contributed by atoms with Crippen LogP contribution in [0, 0.1) is 5.92 Å². The van der Waals surface area contributed by atoms with Crippen LogP contribution >= 0.6 is 0 Å². The first kappa shape index (κ1) is 21.3. The summed E-state index contributed by atoms with van der Waals surface area (Å²) in [5.74, 6) is 1.39. The van der Waals surface area contributed by atoms with E-state index in [4.69, 9.17) is 10.8 Å². The zero-order chi connectivity index (χ0) is 21.8. The van der Waals surface area contributed by atoms with Crippen LogP contribution in [0.4, 0.5) is 11.5 Å². The van der Waals surface area contributed by atoms with Crippen molar-refractivity contribution in [1.82, 2.24) is 14.6 Å². The summed E-state index contributed by atoms with van der Waals surface area (Å²) in [6.45, 7) is 4.25. The molecular weight excluding hydrogens is 388 g/mol. The molecule has 0 aliphatic heterocycles. The molecule has 0 saturated heterocycles. The monoisotopic (exact) mass is 420 g/mol. The van der Waals surface area contributed by atoms with Gasteiger partial charge in [-0.2, -0.15) is 0 Å². The highest BCUT2D eigenvalue weighted by atomic mass is 16.1. The summed E-state index contributed by atoms with van der Waals surface area (Å²) in [7, 11) is 0. The number of rotatable bonds is 7. The molecule has 7 nitrogen and oxygen atoms in total. The van der Waals surface area contributed by atoms with Gasteiger partial charge in [0.05, 0.1) is 11.9 Å². The number of amides is 1. The van der Waals surface area contributed by atoms with Gasteiger partial charge in [-0.15, -0.1) is 5.10 Å². The quantitative estimate of drug-likeness (QED) is 0.524. The van der Waals surface area contributed by atoms with E-state index in [9.17, 15) is 4.79 Å². The van der Waals surface area contributed by atoms with Gasteiger partial charge in [0.2, 0.25) is 5.91 Å². The maximum Gasteiger partial charge on any atom is 0.224 e. The van der Waals surface area contributed by atoms with Gasteiger partial charge < -0.3 is 16.4 Å². The van der Waals surface area contributed by atoms with E-state index >= 15 is 0 Å². The lowest BCUT2D eigenvalue weighted by Gasteiger charge is -2.27. The Bertz CT molecular complexity index is 1040. The van der Waals surface area contributed by atoms with Gasteiger partial charge in [-0.1, -0.05) is 26.0 Å². The number of carbonyl (C=O) groups excluding carboxylic acids is 1. The van der Waals surface area contributed by atoms with Crippen LogP contribution in [0.2, 0.25) is 0 Å². The van der Waals surface area contributed by atoms with Crippen molar-refractivity contribution in [3.63, 3.8) is 0 Å². The summed E-state index contributed by atoms with van der Waals surface area (Å²) < 4.78 is 1.86. The van der Waals surface area contributed by atoms with Crippen molar-refractivity contribution in [3.8, 4) is 11.3 Å². The Kier molecular flexibility index (Phi) is 6.51. The lowest BCUT2D eigenvalue weighted by atomic mass is 9.92. The number of nitrogens with zero attached hydrogens (tertiary/aromatic N) is 3. The first-order chi connectivity index (χ1) is 15.0. The lowest BCUT2D eigenvalue weighted by Crippen LogP contribution is -2.33. The fourth-order valence-electron chi connectivity index (χ4n) is 4.02. The Balaban J connectivity index is 1.52. The number of anilines is 2. The zero-order valence-corrected chi connectivity index (χ0v) is 18.3. The highest BCUT2D eigenvalue weighted by Crippen LogP contribution is 2.25. The highest BCUT2D eigenvalue weighted by molar-refractivity contribution is 5.91. The van der Waals surface area contributed by atoms with Crippen molar-refractivity contribution < 1.29 is 4.79 Å². The summed E-state index contributed by atoms with van der Waals surface area (Å²) in [5, 5.41) is 11.3. The number of nitrogens with two attached hydrogens (primary N) is 1. The van der Waals surface area contributed by atoms with Crippen molar-refractivity contribution in [2.75, 3.05) is 10.6 Å². The minimum Gasteiger partial charge on any atom is -0.366 e. The Morgan fingerprint density at radius 3 is 2.77 bits per heavy atom. The van der Waals surface area contributed by atoms with Crippen LogP contribution in [0.1, 0.15) is 52.4 Å². The third-order valence-corrected chi connectivity index (χ3v) is 5.88. The highest BCUT2D eigenvalue weighted by Gasteiger charge is 2.19. The van der Waals surface area contributed by atoms with Crippen LogP contribution in [0.3, 0.4) is 0 Å². The van der Waals surface area contributed by atoms with Crippen LogP contribution in [0.25, 0.3) is 16.9 Å². The number of hydrogen-bond acceptors (Lipinski definition) is 5. The normalized spacial score (nSPS) is 19.0. The van der Waals surface area contributed by atoms with E-state index < -0.39 is 0 Å². The van der Waals surface area contributed by atoms with Crippen LogP contribution in [0.15, 0.2) is 42.6 Å². The van der Waals surface area contributed by atoms with Crippen molar-refractivity contribution >= 4 is 23.1 Å². The molecule has 7 heteroatoms. The summed E-state index contributed by atoms with van der Waals surface area (Å²) in [4.78, 5) is 16.7. The van der Waals surface area contributed by atoms with Gasteiger partial charge in [-0.3, -0.25) is 4.79 Å². The number of aromatic nitrogens is 3. The van der Waals surface area contributed by atoms with E-state index in [1.807, 2.05) is 47.1 Å². The zero-order valence-electron chi connectivity index (χ0n) is 18.3. The molecule has 1 aromatic carbocycles. The SMILES string of the molecule is CC(C)CCC(=O)Nc1cccc(-c2cnc3ccc(N[C@H]4CC[C@H](N)CC4)nn23)c1. The Hall–Kier alpha value is -2.93. The predicted octanol–water partition coefficient (Wildman–Crippen LogP) is 4.45. The van der Waals surface area contributed by atoms with Gasteiger partial charge >= 0.3 is 0 Å². The molecule has 4 N–H and O–H groups in total.